The lowest BCUT2D eigenvalue weighted by Gasteiger charge is -2.04. The summed E-state index contributed by atoms with van der Waals surface area (Å²) in [5.41, 5.74) is 4.17. The van der Waals surface area contributed by atoms with Gasteiger partial charge in [-0.25, -0.2) is 4.39 Å². The molecule has 1 amide bonds. The summed E-state index contributed by atoms with van der Waals surface area (Å²) in [4.78, 5) is 14.1. The SMILES string of the molecule is CC(=O)NCCc1c[nH]c2c(CC=C(C)C)cc(F)cc12. The van der Waals surface area contributed by atoms with E-state index in [0.717, 1.165) is 22.0 Å². The molecule has 0 aliphatic rings. The maximum atomic E-state index is 13.8. The Labute approximate surface area is 124 Å². The Kier molecular flexibility index (Phi) is 4.78. The van der Waals surface area contributed by atoms with E-state index in [9.17, 15) is 9.18 Å². The summed E-state index contributed by atoms with van der Waals surface area (Å²) in [6.45, 7) is 6.11. The minimum Gasteiger partial charge on any atom is -0.361 e. The number of amides is 1. The van der Waals surface area contributed by atoms with Gasteiger partial charge in [0.2, 0.25) is 5.91 Å². The number of rotatable bonds is 5. The van der Waals surface area contributed by atoms with E-state index in [0.29, 0.717) is 19.4 Å². The number of aromatic nitrogens is 1. The lowest BCUT2D eigenvalue weighted by atomic mass is 10.0. The lowest BCUT2D eigenvalue weighted by Crippen LogP contribution is -2.22. The number of hydrogen-bond acceptors (Lipinski definition) is 1. The molecule has 0 bridgehead atoms. The first kappa shape index (κ1) is 15.3. The summed E-state index contributed by atoms with van der Waals surface area (Å²) < 4.78 is 13.8. The maximum absolute atomic E-state index is 13.8. The molecule has 2 N–H and O–H groups in total. The zero-order valence-corrected chi connectivity index (χ0v) is 12.7. The quantitative estimate of drug-likeness (QED) is 0.813. The Balaban J connectivity index is 2.29. The van der Waals surface area contributed by atoms with Crippen LogP contribution in [-0.2, 0) is 17.6 Å². The first-order chi connectivity index (χ1) is 9.97. The number of halogens is 1. The fourth-order valence-electron chi connectivity index (χ4n) is 2.38. The summed E-state index contributed by atoms with van der Waals surface area (Å²) in [5.74, 6) is -0.273. The van der Waals surface area contributed by atoms with Crippen LogP contribution < -0.4 is 5.32 Å². The van der Waals surface area contributed by atoms with Crippen molar-refractivity contribution in [3.05, 3.63) is 46.9 Å². The first-order valence-corrected chi connectivity index (χ1v) is 7.13. The number of H-pyrrole nitrogens is 1. The first-order valence-electron chi connectivity index (χ1n) is 7.13. The third kappa shape index (κ3) is 3.94. The van der Waals surface area contributed by atoms with Gasteiger partial charge in [-0.2, -0.15) is 0 Å². The maximum Gasteiger partial charge on any atom is 0.216 e. The normalized spacial score (nSPS) is 10.7. The monoisotopic (exact) mass is 288 g/mol. The highest BCUT2D eigenvalue weighted by molar-refractivity contribution is 5.86. The van der Waals surface area contributed by atoms with Crippen molar-refractivity contribution in [2.24, 2.45) is 0 Å². The molecule has 0 aliphatic heterocycles. The van der Waals surface area contributed by atoms with Crippen LogP contribution in [0.4, 0.5) is 4.39 Å². The summed E-state index contributed by atoms with van der Waals surface area (Å²) in [6.07, 6.45) is 5.39. The van der Waals surface area contributed by atoms with Gasteiger partial charge in [0.25, 0.3) is 0 Å². The van der Waals surface area contributed by atoms with Gasteiger partial charge in [-0.1, -0.05) is 11.6 Å². The van der Waals surface area contributed by atoms with Crippen LogP contribution in [0.2, 0.25) is 0 Å². The molecule has 2 aromatic rings. The molecule has 4 heteroatoms. The number of carbonyl (C=O) groups excluding carboxylic acids is 1. The van der Waals surface area contributed by atoms with Crippen LogP contribution in [0.1, 0.15) is 31.9 Å². The van der Waals surface area contributed by atoms with E-state index in [1.165, 1.54) is 12.5 Å². The third-order valence-corrected chi connectivity index (χ3v) is 3.42. The number of carbonyl (C=O) groups is 1. The molecule has 3 nitrogen and oxygen atoms in total. The highest BCUT2D eigenvalue weighted by Crippen LogP contribution is 2.24. The van der Waals surface area contributed by atoms with Crippen molar-refractivity contribution in [2.45, 2.75) is 33.6 Å². The van der Waals surface area contributed by atoms with Crippen LogP contribution in [0.15, 0.2) is 30.0 Å². The van der Waals surface area contributed by atoms with Gasteiger partial charge in [0.05, 0.1) is 0 Å². The number of aromatic amines is 1. The van der Waals surface area contributed by atoms with Crippen LogP contribution in [0, 0.1) is 5.82 Å². The van der Waals surface area contributed by atoms with Gasteiger partial charge < -0.3 is 10.3 Å². The fourth-order valence-corrected chi connectivity index (χ4v) is 2.38. The van der Waals surface area contributed by atoms with E-state index in [1.807, 2.05) is 20.0 Å². The molecule has 0 atom stereocenters. The molecule has 0 radical (unpaired) electrons. The molecule has 0 spiro atoms. The predicted molar refractivity (Wildman–Crippen MR) is 83.8 cm³/mol. The van der Waals surface area contributed by atoms with E-state index in [-0.39, 0.29) is 11.7 Å². The van der Waals surface area contributed by atoms with Gasteiger partial charge in [0.1, 0.15) is 5.82 Å². The molecule has 0 unspecified atom stereocenters. The van der Waals surface area contributed by atoms with E-state index in [1.54, 1.807) is 12.1 Å². The molecule has 0 fully saturated rings. The van der Waals surface area contributed by atoms with Crippen LogP contribution in [0.5, 0.6) is 0 Å². The summed E-state index contributed by atoms with van der Waals surface area (Å²) in [5, 5.41) is 3.66. The minimum atomic E-state index is -0.222. The highest BCUT2D eigenvalue weighted by Gasteiger charge is 2.09. The largest absolute Gasteiger partial charge is 0.361 e. The fraction of sp³-hybridized carbons (Fsp3) is 0.353. The minimum absolute atomic E-state index is 0.0507. The molecule has 1 heterocycles. The number of nitrogens with one attached hydrogen (secondary N) is 2. The summed E-state index contributed by atoms with van der Waals surface area (Å²) in [7, 11) is 0. The Morgan fingerprint density at radius 3 is 2.71 bits per heavy atom. The smallest absolute Gasteiger partial charge is 0.216 e. The van der Waals surface area contributed by atoms with Crippen molar-refractivity contribution in [2.75, 3.05) is 6.54 Å². The predicted octanol–water partition coefficient (Wildman–Crippen LogP) is 3.49. The van der Waals surface area contributed by atoms with Crippen molar-refractivity contribution in [3.8, 4) is 0 Å². The van der Waals surface area contributed by atoms with Gasteiger partial charge in [0.15, 0.2) is 0 Å². The van der Waals surface area contributed by atoms with Crippen LogP contribution in [0.3, 0.4) is 0 Å². The summed E-state index contributed by atoms with van der Waals surface area (Å²) in [6, 6.07) is 3.14. The van der Waals surface area contributed by atoms with E-state index in [2.05, 4.69) is 16.4 Å². The van der Waals surface area contributed by atoms with Crippen molar-refractivity contribution in [1.82, 2.24) is 10.3 Å². The van der Waals surface area contributed by atoms with Gasteiger partial charge in [-0.05, 0) is 49.9 Å². The number of benzene rings is 1. The molecule has 2 rings (SSSR count). The number of fused-ring (bicyclic) bond motifs is 1. The molecule has 0 saturated carbocycles. The number of allylic oxidation sites excluding steroid dienone is 2. The molecule has 1 aromatic heterocycles. The zero-order chi connectivity index (χ0) is 15.4. The zero-order valence-electron chi connectivity index (χ0n) is 12.7. The Morgan fingerprint density at radius 1 is 1.29 bits per heavy atom. The topological polar surface area (TPSA) is 44.9 Å². The van der Waals surface area contributed by atoms with E-state index < -0.39 is 0 Å². The average Bonchev–Trinajstić information content (AvgIpc) is 2.79. The second-order valence-electron chi connectivity index (χ2n) is 5.52. The third-order valence-electron chi connectivity index (χ3n) is 3.42. The van der Waals surface area contributed by atoms with Crippen LogP contribution in [-0.4, -0.2) is 17.4 Å². The van der Waals surface area contributed by atoms with Gasteiger partial charge >= 0.3 is 0 Å². The average molecular weight is 288 g/mol. The Bertz CT molecular complexity index is 681. The molecular formula is C17H21FN2O. The second kappa shape index (κ2) is 6.57. The molecule has 0 saturated heterocycles. The van der Waals surface area contributed by atoms with E-state index >= 15 is 0 Å². The molecule has 112 valence electrons. The van der Waals surface area contributed by atoms with Gasteiger partial charge in [-0.15, -0.1) is 0 Å². The van der Waals surface area contributed by atoms with Crippen molar-refractivity contribution >= 4 is 16.8 Å². The Hall–Kier alpha value is -2.10. The highest BCUT2D eigenvalue weighted by atomic mass is 19.1. The molecule has 0 aliphatic carbocycles. The van der Waals surface area contributed by atoms with Crippen LogP contribution >= 0.6 is 0 Å². The summed E-state index contributed by atoms with van der Waals surface area (Å²) >= 11 is 0. The van der Waals surface area contributed by atoms with Gasteiger partial charge in [0, 0.05) is 30.6 Å². The second-order valence-corrected chi connectivity index (χ2v) is 5.52. The van der Waals surface area contributed by atoms with E-state index in [4.69, 9.17) is 0 Å². The van der Waals surface area contributed by atoms with Gasteiger partial charge in [-0.3, -0.25) is 4.79 Å². The van der Waals surface area contributed by atoms with Crippen molar-refractivity contribution in [3.63, 3.8) is 0 Å². The Morgan fingerprint density at radius 2 is 2.05 bits per heavy atom. The molecule has 1 aromatic carbocycles. The lowest BCUT2D eigenvalue weighted by molar-refractivity contribution is -0.118. The van der Waals surface area contributed by atoms with Crippen LogP contribution in [0.25, 0.3) is 10.9 Å². The molecular weight excluding hydrogens is 267 g/mol. The number of hydrogen-bond donors (Lipinski definition) is 2. The van der Waals surface area contributed by atoms with Crippen molar-refractivity contribution in [1.29, 1.82) is 0 Å². The standard InChI is InChI=1S/C17H21FN2O/c1-11(2)4-5-13-8-15(18)9-16-14(10-20-17(13)16)6-7-19-12(3)21/h4,8-10,20H,5-7H2,1-3H3,(H,19,21). The molecule has 21 heavy (non-hydrogen) atoms. The van der Waals surface area contributed by atoms with Crippen molar-refractivity contribution < 1.29 is 9.18 Å².